The van der Waals surface area contributed by atoms with Crippen molar-refractivity contribution in [2.24, 2.45) is 5.92 Å². The maximum Gasteiger partial charge on any atom is 0.0863 e. The average Bonchev–Trinajstić information content (AvgIpc) is 2.70. The Labute approximate surface area is 121 Å². The summed E-state index contributed by atoms with van der Waals surface area (Å²) in [6.45, 7) is 10.8. The molecule has 0 amide bonds. The van der Waals surface area contributed by atoms with Gasteiger partial charge in [0, 0.05) is 26.2 Å². The molecule has 0 saturated heterocycles. The van der Waals surface area contributed by atoms with Crippen LogP contribution in [-0.2, 0) is 24.2 Å². The molecule has 1 rings (SSSR count). The summed E-state index contributed by atoms with van der Waals surface area (Å²) in [5, 5.41) is 8.85. The molecule has 1 heterocycles. The summed E-state index contributed by atoms with van der Waals surface area (Å²) in [6.07, 6.45) is 0.866. The molecule has 0 saturated carbocycles. The number of hydrogen-bond donors (Lipinski definition) is 1. The largest absolute Gasteiger partial charge is 0.383 e. The average molecular weight is 288 g/mol. The summed E-state index contributed by atoms with van der Waals surface area (Å²) in [7, 11) is 1.73. The van der Waals surface area contributed by atoms with E-state index in [0.29, 0.717) is 18.6 Å². The van der Waals surface area contributed by atoms with Crippen LogP contribution < -0.4 is 5.32 Å². The molecule has 110 valence electrons. The molecule has 19 heavy (non-hydrogen) atoms. The molecule has 1 atom stereocenters. The Bertz CT molecular complexity index is 390. The topological polar surface area (TPSA) is 39.1 Å². The smallest absolute Gasteiger partial charge is 0.0863 e. The third-order valence-electron chi connectivity index (χ3n) is 3.38. The summed E-state index contributed by atoms with van der Waals surface area (Å²) in [4.78, 5) is 0. The molecular weight excluding hydrogens is 262 g/mol. The number of methoxy groups -OCH3 is 1. The van der Waals surface area contributed by atoms with Crippen molar-refractivity contribution in [3.63, 3.8) is 0 Å². The van der Waals surface area contributed by atoms with Crippen LogP contribution in [-0.4, -0.2) is 29.5 Å². The van der Waals surface area contributed by atoms with Crippen LogP contribution in [0.3, 0.4) is 0 Å². The van der Waals surface area contributed by atoms with Crippen LogP contribution >= 0.6 is 11.6 Å². The first-order chi connectivity index (χ1) is 9.04. The Hall–Kier alpha value is -0.580. The van der Waals surface area contributed by atoms with Crippen LogP contribution in [0.15, 0.2) is 0 Å². The van der Waals surface area contributed by atoms with Gasteiger partial charge < -0.3 is 10.1 Å². The van der Waals surface area contributed by atoms with Crippen molar-refractivity contribution in [1.29, 1.82) is 0 Å². The SMILES string of the molecule is CCc1nn(CC)c(CNC(COC)C(C)C)c1Cl. The fraction of sp³-hybridized carbons (Fsp3) is 0.786. The molecule has 1 unspecified atom stereocenters. The molecule has 0 spiro atoms. The molecule has 0 aliphatic heterocycles. The number of rotatable bonds is 8. The van der Waals surface area contributed by atoms with Gasteiger partial charge in [0.15, 0.2) is 0 Å². The predicted molar refractivity (Wildman–Crippen MR) is 79.6 cm³/mol. The van der Waals surface area contributed by atoms with Crippen LogP contribution in [0.25, 0.3) is 0 Å². The molecular formula is C14H26ClN3O. The van der Waals surface area contributed by atoms with Crippen molar-refractivity contribution in [2.45, 2.75) is 53.2 Å². The van der Waals surface area contributed by atoms with Crippen LogP contribution in [0.1, 0.15) is 39.1 Å². The number of halogens is 1. The summed E-state index contributed by atoms with van der Waals surface area (Å²) >= 11 is 6.39. The minimum Gasteiger partial charge on any atom is -0.383 e. The van der Waals surface area contributed by atoms with Crippen molar-refractivity contribution in [3.05, 3.63) is 16.4 Å². The molecule has 1 N–H and O–H groups in total. The lowest BCUT2D eigenvalue weighted by Gasteiger charge is -2.21. The van der Waals surface area contributed by atoms with E-state index in [9.17, 15) is 0 Å². The van der Waals surface area contributed by atoms with E-state index in [0.717, 1.165) is 35.9 Å². The quantitative estimate of drug-likeness (QED) is 0.799. The highest BCUT2D eigenvalue weighted by Gasteiger charge is 2.17. The maximum atomic E-state index is 6.39. The molecule has 1 aromatic rings. The zero-order valence-electron chi connectivity index (χ0n) is 12.7. The highest BCUT2D eigenvalue weighted by atomic mass is 35.5. The monoisotopic (exact) mass is 287 g/mol. The Morgan fingerprint density at radius 1 is 1.37 bits per heavy atom. The maximum absolute atomic E-state index is 6.39. The predicted octanol–water partition coefficient (Wildman–Crippen LogP) is 2.88. The first-order valence-electron chi connectivity index (χ1n) is 7.01. The zero-order chi connectivity index (χ0) is 14.4. The van der Waals surface area contributed by atoms with Crippen LogP contribution in [0.4, 0.5) is 0 Å². The van der Waals surface area contributed by atoms with Crippen LogP contribution in [0.5, 0.6) is 0 Å². The molecule has 1 aromatic heterocycles. The number of nitrogens with zero attached hydrogens (tertiary/aromatic N) is 2. The van der Waals surface area contributed by atoms with Gasteiger partial charge in [0.1, 0.15) is 0 Å². The van der Waals surface area contributed by atoms with E-state index in [1.165, 1.54) is 0 Å². The van der Waals surface area contributed by atoms with Gasteiger partial charge in [0.25, 0.3) is 0 Å². The van der Waals surface area contributed by atoms with Crippen molar-refractivity contribution in [1.82, 2.24) is 15.1 Å². The van der Waals surface area contributed by atoms with Gasteiger partial charge in [-0.2, -0.15) is 5.10 Å². The second-order valence-corrected chi connectivity index (χ2v) is 5.44. The Morgan fingerprint density at radius 3 is 2.53 bits per heavy atom. The molecule has 0 aromatic carbocycles. The second-order valence-electron chi connectivity index (χ2n) is 5.06. The minimum atomic E-state index is 0.325. The van der Waals surface area contributed by atoms with Gasteiger partial charge in [0.05, 0.1) is 23.0 Å². The normalized spacial score (nSPS) is 13.2. The van der Waals surface area contributed by atoms with Crippen molar-refractivity contribution in [2.75, 3.05) is 13.7 Å². The van der Waals surface area contributed by atoms with E-state index in [4.69, 9.17) is 16.3 Å². The Morgan fingerprint density at radius 2 is 2.05 bits per heavy atom. The van der Waals surface area contributed by atoms with Gasteiger partial charge in [-0.15, -0.1) is 0 Å². The number of nitrogens with one attached hydrogen (secondary N) is 1. The standard InChI is InChI=1S/C14H26ClN3O/c1-6-11-14(15)13(18(7-2)17-11)8-16-12(9-19-5)10(3)4/h10,12,16H,6-9H2,1-5H3. The highest BCUT2D eigenvalue weighted by molar-refractivity contribution is 6.31. The summed E-state index contributed by atoms with van der Waals surface area (Å²) in [6, 6.07) is 0.325. The van der Waals surface area contributed by atoms with E-state index in [1.54, 1.807) is 7.11 Å². The van der Waals surface area contributed by atoms with Gasteiger partial charge >= 0.3 is 0 Å². The Kier molecular flexibility index (Phi) is 6.83. The van der Waals surface area contributed by atoms with Gasteiger partial charge in [-0.05, 0) is 19.3 Å². The summed E-state index contributed by atoms with van der Waals surface area (Å²) in [5.41, 5.74) is 2.05. The molecule has 0 fully saturated rings. The lowest BCUT2D eigenvalue weighted by Crippen LogP contribution is -2.37. The first-order valence-corrected chi connectivity index (χ1v) is 7.39. The zero-order valence-corrected chi connectivity index (χ0v) is 13.4. The highest BCUT2D eigenvalue weighted by Crippen LogP contribution is 2.21. The number of aromatic nitrogens is 2. The summed E-state index contributed by atoms with van der Waals surface area (Å²) < 4.78 is 7.23. The molecule has 0 bridgehead atoms. The molecule has 5 heteroatoms. The van der Waals surface area contributed by atoms with E-state index in [2.05, 4.69) is 38.1 Å². The van der Waals surface area contributed by atoms with Crippen molar-refractivity contribution < 1.29 is 4.74 Å². The molecule has 0 aliphatic carbocycles. The fourth-order valence-electron chi connectivity index (χ4n) is 2.08. The van der Waals surface area contributed by atoms with Gasteiger partial charge in [-0.3, -0.25) is 4.68 Å². The first kappa shape index (κ1) is 16.5. The van der Waals surface area contributed by atoms with Crippen molar-refractivity contribution in [3.8, 4) is 0 Å². The lowest BCUT2D eigenvalue weighted by atomic mass is 10.1. The van der Waals surface area contributed by atoms with Crippen LogP contribution in [0, 0.1) is 5.92 Å². The van der Waals surface area contributed by atoms with Gasteiger partial charge in [-0.1, -0.05) is 32.4 Å². The molecule has 0 radical (unpaired) electrons. The number of aryl methyl sites for hydroxylation is 2. The number of hydrogen-bond acceptors (Lipinski definition) is 3. The summed E-state index contributed by atoms with van der Waals surface area (Å²) in [5.74, 6) is 0.516. The van der Waals surface area contributed by atoms with Gasteiger partial charge in [0.2, 0.25) is 0 Å². The third-order valence-corrected chi connectivity index (χ3v) is 3.81. The molecule has 0 aliphatic rings. The van der Waals surface area contributed by atoms with E-state index in [-0.39, 0.29) is 0 Å². The van der Waals surface area contributed by atoms with Gasteiger partial charge in [-0.25, -0.2) is 0 Å². The molecule has 4 nitrogen and oxygen atoms in total. The lowest BCUT2D eigenvalue weighted by molar-refractivity contribution is 0.146. The van der Waals surface area contributed by atoms with E-state index in [1.807, 2.05) is 4.68 Å². The van der Waals surface area contributed by atoms with Crippen molar-refractivity contribution >= 4 is 11.6 Å². The third kappa shape index (κ3) is 4.20. The van der Waals surface area contributed by atoms with E-state index < -0.39 is 0 Å². The second kappa shape index (κ2) is 7.88. The minimum absolute atomic E-state index is 0.325. The van der Waals surface area contributed by atoms with Crippen LogP contribution in [0.2, 0.25) is 5.02 Å². The van der Waals surface area contributed by atoms with E-state index >= 15 is 0 Å². The number of ether oxygens (including phenoxy) is 1. The fourth-order valence-corrected chi connectivity index (χ4v) is 2.42. The Balaban J connectivity index is 2.78.